The van der Waals surface area contributed by atoms with E-state index >= 15 is 0 Å². The van der Waals surface area contributed by atoms with Gasteiger partial charge in [-0.3, -0.25) is 10.7 Å². The van der Waals surface area contributed by atoms with Gasteiger partial charge in [-0.25, -0.2) is 9.82 Å². The van der Waals surface area contributed by atoms with E-state index < -0.39 is 0 Å². The summed E-state index contributed by atoms with van der Waals surface area (Å²) in [6.45, 7) is 0. The van der Waals surface area contributed by atoms with Gasteiger partial charge in [0, 0.05) is 10.6 Å². The minimum Gasteiger partial charge on any atom is -0.289 e. The maximum atomic E-state index is 13.4. The van der Waals surface area contributed by atoms with Gasteiger partial charge in [0.1, 0.15) is 12.0 Å². The van der Waals surface area contributed by atoms with Crippen molar-refractivity contribution in [3.8, 4) is 0 Å². The van der Waals surface area contributed by atoms with Gasteiger partial charge < -0.3 is 0 Å². The molecule has 1 rings (SSSR count). The summed E-state index contributed by atoms with van der Waals surface area (Å²) in [5.41, 5.74) is 2.95. The molecule has 0 saturated heterocycles. The van der Waals surface area contributed by atoms with Crippen molar-refractivity contribution >= 4 is 11.6 Å². The molecule has 0 saturated carbocycles. The summed E-state index contributed by atoms with van der Waals surface area (Å²) < 4.78 is 13.4. The second-order valence-electron chi connectivity index (χ2n) is 3.20. The first-order valence-electron chi connectivity index (χ1n) is 4.13. The largest absolute Gasteiger partial charge is 0.289 e. The van der Waals surface area contributed by atoms with Crippen LogP contribution in [0.2, 0.25) is 5.02 Å². The predicted molar refractivity (Wildman–Crippen MR) is 55.2 cm³/mol. The van der Waals surface area contributed by atoms with Crippen LogP contribution in [0.3, 0.4) is 0 Å². The molecule has 1 aromatic carbocycles. The van der Waals surface area contributed by atoms with Gasteiger partial charge >= 0.3 is 0 Å². The Morgan fingerprint density at radius 3 is 2.64 bits per heavy atom. The average molecular weight is 218 g/mol. The zero-order valence-corrected chi connectivity index (χ0v) is 8.85. The number of hydrogen-bond acceptors (Lipinski definition) is 3. The lowest BCUT2D eigenvalue weighted by molar-refractivity contribution is 0.246. The molecule has 3 nitrogen and oxygen atoms in total. The normalized spacial score (nSPS) is 13.3. The first kappa shape index (κ1) is 11.4. The summed E-state index contributed by atoms with van der Waals surface area (Å²) >= 11 is 5.77. The molecule has 78 valence electrons. The molecule has 0 aliphatic heterocycles. The van der Waals surface area contributed by atoms with Crippen molar-refractivity contribution in [2.24, 2.45) is 5.84 Å². The van der Waals surface area contributed by atoms with Crippen molar-refractivity contribution in [2.45, 2.75) is 6.17 Å². The van der Waals surface area contributed by atoms with Crippen LogP contribution >= 0.6 is 11.6 Å². The zero-order valence-electron chi connectivity index (χ0n) is 8.09. The summed E-state index contributed by atoms with van der Waals surface area (Å²) in [5.74, 6) is 5.00. The van der Waals surface area contributed by atoms with Gasteiger partial charge in [0.2, 0.25) is 0 Å². The van der Waals surface area contributed by atoms with E-state index in [1.165, 1.54) is 12.1 Å². The third kappa shape index (κ3) is 2.42. The van der Waals surface area contributed by atoms with Crippen LogP contribution < -0.4 is 11.3 Å². The molecule has 3 N–H and O–H groups in total. The summed E-state index contributed by atoms with van der Waals surface area (Å²) in [6.07, 6.45) is -0.381. The lowest BCUT2D eigenvalue weighted by atomic mass is 10.1. The molecule has 5 heteroatoms. The maximum Gasteiger partial charge on any atom is 0.129 e. The highest BCUT2D eigenvalue weighted by Crippen LogP contribution is 2.21. The first-order chi connectivity index (χ1) is 6.56. The average Bonchev–Trinajstić information content (AvgIpc) is 2.11. The Morgan fingerprint density at radius 1 is 1.50 bits per heavy atom. The first-order valence-corrected chi connectivity index (χ1v) is 4.51. The molecule has 0 heterocycles. The minimum atomic E-state index is -0.381. The van der Waals surface area contributed by atoms with Crippen LogP contribution in [-0.4, -0.2) is 19.0 Å². The van der Waals surface area contributed by atoms with E-state index in [2.05, 4.69) is 5.43 Å². The van der Waals surface area contributed by atoms with Crippen molar-refractivity contribution in [1.29, 1.82) is 0 Å². The molecule has 14 heavy (non-hydrogen) atoms. The Labute approximate surface area is 87.6 Å². The third-order valence-corrected chi connectivity index (χ3v) is 2.16. The molecule has 1 atom stereocenters. The van der Waals surface area contributed by atoms with Crippen LogP contribution in [0.5, 0.6) is 0 Å². The monoisotopic (exact) mass is 217 g/mol. The van der Waals surface area contributed by atoms with Crippen LogP contribution in [-0.2, 0) is 0 Å². The van der Waals surface area contributed by atoms with Gasteiger partial charge in [0.05, 0.1) is 0 Å². The number of halogens is 2. The van der Waals surface area contributed by atoms with Crippen LogP contribution in [0.4, 0.5) is 4.39 Å². The topological polar surface area (TPSA) is 41.3 Å². The summed E-state index contributed by atoms with van der Waals surface area (Å²) in [6, 6.07) is 4.39. The third-order valence-electron chi connectivity index (χ3n) is 1.93. The Bertz CT molecular complexity index is 317. The second kappa shape index (κ2) is 4.70. The smallest absolute Gasteiger partial charge is 0.129 e. The SMILES string of the molecule is CN(C)C(NN)c1cc(Cl)ccc1F. The van der Waals surface area contributed by atoms with Crippen molar-refractivity contribution in [2.75, 3.05) is 14.1 Å². The minimum absolute atomic E-state index is 0.328. The lowest BCUT2D eigenvalue weighted by Crippen LogP contribution is -2.38. The zero-order chi connectivity index (χ0) is 10.7. The van der Waals surface area contributed by atoms with Crippen molar-refractivity contribution in [3.63, 3.8) is 0 Å². The highest BCUT2D eigenvalue weighted by atomic mass is 35.5. The molecule has 1 unspecified atom stereocenters. The number of benzene rings is 1. The molecular weight excluding hydrogens is 205 g/mol. The van der Waals surface area contributed by atoms with Crippen molar-refractivity contribution in [3.05, 3.63) is 34.6 Å². The van der Waals surface area contributed by atoms with E-state index in [0.717, 1.165) is 0 Å². The van der Waals surface area contributed by atoms with E-state index in [0.29, 0.717) is 10.6 Å². The van der Waals surface area contributed by atoms with Gasteiger partial charge in [-0.05, 0) is 32.3 Å². The molecule has 0 aromatic heterocycles. The van der Waals surface area contributed by atoms with E-state index in [1.807, 2.05) is 0 Å². The van der Waals surface area contributed by atoms with Gasteiger partial charge in [0.25, 0.3) is 0 Å². The number of hydrogen-bond donors (Lipinski definition) is 2. The van der Waals surface area contributed by atoms with Crippen molar-refractivity contribution < 1.29 is 4.39 Å². The summed E-state index contributed by atoms with van der Waals surface area (Å²) in [5, 5.41) is 0.489. The van der Waals surface area contributed by atoms with Crippen LogP contribution in [0.15, 0.2) is 18.2 Å². The molecule has 0 aliphatic carbocycles. The van der Waals surface area contributed by atoms with Crippen molar-refractivity contribution in [1.82, 2.24) is 10.3 Å². The number of rotatable bonds is 3. The number of nitrogens with zero attached hydrogens (tertiary/aromatic N) is 1. The molecular formula is C9H13ClFN3. The fourth-order valence-corrected chi connectivity index (χ4v) is 1.42. The molecule has 0 spiro atoms. The summed E-state index contributed by atoms with van der Waals surface area (Å²) in [7, 11) is 3.59. The Hall–Kier alpha value is -0.680. The molecule has 0 aliphatic rings. The number of nitrogens with one attached hydrogen (secondary N) is 1. The summed E-state index contributed by atoms with van der Waals surface area (Å²) in [4.78, 5) is 1.76. The highest BCUT2D eigenvalue weighted by Gasteiger charge is 2.16. The highest BCUT2D eigenvalue weighted by molar-refractivity contribution is 6.30. The Kier molecular flexibility index (Phi) is 3.83. The van der Waals surface area contributed by atoms with Gasteiger partial charge in [0.15, 0.2) is 0 Å². The van der Waals surface area contributed by atoms with Gasteiger partial charge in [-0.15, -0.1) is 0 Å². The lowest BCUT2D eigenvalue weighted by Gasteiger charge is -2.24. The van der Waals surface area contributed by atoms with Crippen LogP contribution in [0.1, 0.15) is 11.7 Å². The number of nitrogens with two attached hydrogens (primary N) is 1. The quantitative estimate of drug-likeness (QED) is 0.458. The van der Waals surface area contributed by atoms with E-state index in [-0.39, 0.29) is 12.0 Å². The fourth-order valence-electron chi connectivity index (χ4n) is 1.24. The van der Waals surface area contributed by atoms with E-state index in [4.69, 9.17) is 17.4 Å². The second-order valence-corrected chi connectivity index (χ2v) is 3.64. The number of hydrazine groups is 1. The van der Waals surface area contributed by atoms with E-state index in [1.54, 1.807) is 25.1 Å². The Morgan fingerprint density at radius 2 is 2.14 bits per heavy atom. The van der Waals surface area contributed by atoms with Gasteiger partial charge in [-0.1, -0.05) is 11.6 Å². The van der Waals surface area contributed by atoms with Crippen LogP contribution in [0.25, 0.3) is 0 Å². The van der Waals surface area contributed by atoms with Crippen LogP contribution in [0, 0.1) is 5.82 Å². The maximum absolute atomic E-state index is 13.4. The Balaban J connectivity index is 3.08. The molecule has 0 bridgehead atoms. The standard InChI is InChI=1S/C9H13ClFN3/c1-14(2)9(13-12)7-5-6(10)3-4-8(7)11/h3-5,9,13H,12H2,1-2H3. The van der Waals surface area contributed by atoms with E-state index in [9.17, 15) is 4.39 Å². The fraction of sp³-hybridized carbons (Fsp3) is 0.333. The van der Waals surface area contributed by atoms with Gasteiger partial charge in [-0.2, -0.15) is 0 Å². The molecule has 0 fully saturated rings. The molecule has 0 amide bonds. The molecule has 1 aromatic rings. The predicted octanol–water partition coefficient (Wildman–Crippen LogP) is 1.50. The molecule has 0 radical (unpaired) electrons.